The quantitative estimate of drug-likeness (QED) is 0.0851. The summed E-state index contributed by atoms with van der Waals surface area (Å²) in [6.45, 7) is 0.945. The van der Waals surface area contributed by atoms with Crippen molar-refractivity contribution in [3.8, 4) is 11.5 Å². The Labute approximate surface area is 309 Å². The van der Waals surface area contributed by atoms with E-state index in [4.69, 9.17) is 15.2 Å². The van der Waals surface area contributed by atoms with Gasteiger partial charge < -0.3 is 40.6 Å². The van der Waals surface area contributed by atoms with Gasteiger partial charge in [0.05, 0.1) is 41.6 Å². The van der Waals surface area contributed by atoms with Crippen molar-refractivity contribution in [2.45, 2.75) is 38.1 Å². The van der Waals surface area contributed by atoms with Crippen molar-refractivity contribution < 1.29 is 28.7 Å². The molecule has 5 N–H and O–H groups in total. The third kappa shape index (κ3) is 7.87. The molecule has 5 aromatic rings. The maximum atomic E-state index is 13.3. The van der Waals surface area contributed by atoms with Crippen molar-refractivity contribution in [2.24, 2.45) is 12.0 Å². The number of ether oxygens (including phenoxy) is 2. The highest BCUT2D eigenvalue weighted by Gasteiger charge is 2.31. The number of aryl methyl sites for hydroxylation is 1. The van der Waals surface area contributed by atoms with Crippen LogP contribution in [0.3, 0.4) is 0 Å². The van der Waals surface area contributed by atoms with E-state index in [0.717, 1.165) is 29.3 Å². The van der Waals surface area contributed by atoms with Crippen LogP contribution < -0.4 is 31.2 Å². The van der Waals surface area contributed by atoms with E-state index in [-0.39, 0.29) is 42.7 Å². The van der Waals surface area contributed by atoms with E-state index in [2.05, 4.69) is 20.9 Å². The zero-order valence-electron chi connectivity index (χ0n) is 29.3. The van der Waals surface area contributed by atoms with Crippen LogP contribution in [0.2, 0.25) is 0 Å². The molecule has 1 fully saturated rings. The second-order valence-electron chi connectivity index (χ2n) is 13.0. The average Bonchev–Trinajstić information content (AvgIpc) is 3.72. The molecule has 0 bridgehead atoms. The van der Waals surface area contributed by atoms with Gasteiger partial charge in [0, 0.05) is 60.3 Å². The largest absolute Gasteiger partial charge is 0.493 e. The van der Waals surface area contributed by atoms with Gasteiger partial charge in [0.25, 0.3) is 17.7 Å². The molecule has 1 atom stereocenters. The fourth-order valence-electron chi connectivity index (χ4n) is 6.47. The highest BCUT2D eigenvalue weighted by Crippen LogP contribution is 2.38. The van der Waals surface area contributed by atoms with Crippen LogP contribution in [0.5, 0.6) is 11.5 Å². The fraction of sp³-hybridized carbons (Fsp3) is 0.256. The molecule has 2 aliphatic heterocycles. The molecule has 1 saturated heterocycles. The molecule has 0 saturated carbocycles. The summed E-state index contributed by atoms with van der Waals surface area (Å²) in [4.78, 5) is 59.1. The van der Waals surface area contributed by atoms with Crippen molar-refractivity contribution in [1.82, 2.24) is 9.47 Å². The van der Waals surface area contributed by atoms with Crippen molar-refractivity contribution in [3.63, 3.8) is 0 Å². The normalized spacial score (nSPS) is 14.9. The first kappa shape index (κ1) is 35.3. The van der Waals surface area contributed by atoms with Crippen LogP contribution in [0.4, 0.5) is 28.4 Å². The number of benzene rings is 3. The summed E-state index contributed by atoms with van der Waals surface area (Å²) < 4.78 is 14.1. The predicted molar refractivity (Wildman–Crippen MR) is 207 cm³/mol. The second-order valence-corrected chi connectivity index (χ2v) is 14.1. The Kier molecular flexibility index (Phi) is 10.1. The molecule has 0 spiro atoms. The average molecular weight is 734 g/mol. The van der Waals surface area contributed by atoms with E-state index >= 15 is 0 Å². The molecule has 0 aliphatic carbocycles. The van der Waals surface area contributed by atoms with Crippen LogP contribution in [0.25, 0.3) is 10.1 Å². The van der Waals surface area contributed by atoms with Crippen molar-refractivity contribution >= 4 is 79.7 Å². The number of methoxy groups -OCH3 is 1. The number of aliphatic imine (C=N–C) groups is 1. The Morgan fingerprint density at radius 2 is 1.72 bits per heavy atom. The number of nitrogens with one attached hydrogen (secondary N) is 3. The molecule has 0 unspecified atom stereocenters. The first-order valence-corrected chi connectivity index (χ1v) is 18.1. The Balaban J connectivity index is 0.915. The number of carbonyl (C=O) groups is 4. The maximum Gasteiger partial charge on any atom is 0.272 e. The minimum atomic E-state index is -0.353. The van der Waals surface area contributed by atoms with E-state index in [1.54, 1.807) is 72.4 Å². The Hall–Kier alpha value is -6.15. The first-order chi connectivity index (χ1) is 25.6. The number of nitrogens with two attached hydrogens (primary N) is 1. The number of anilines is 4. The van der Waals surface area contributed by atoms with Gasteiger partial charge in [0.2, 0.25) is 5.91 Å². The van der Waals surface area contributed by atoms with E-state index in [1.807, 2.05) is 23.2 Å². The van der Waals surface area contributed by atoms with Crippen molar-refractivity contribution in [3.05, 3.63) is 89.1 Å². The number of hydrogen-bond acceptors (Lipinski definition) is 9. The van der Waals surface area contributed by atoms with Crippen LogP contribution in [-0.2, 0) is 11.8 Å². The summed E-state index contributed by atoms with van der Waals surface area (Å²) in [6.07, 6.45) is 7.05. The molecule has 4 heterocycles. The highest BCUT2D eigenvalue weighted by atomic mass is 32.1. The number of hydrogen-bond donors (Lipinski definition) is 4. The fourth-order valence-corrected chi connectivity index (χ4v) is 7.41. The van der Waals surface area contributed by atoms with E-state index in [1.165, 1.54) is 18.4 Å². The van der Waals surface area contributed by atoms with Crippen LogP contribution >= 0.6 is 11.3 Å². The Morgan fingerprint density at radius 1 is 0.925 bits per heavy atom. The van der Waals surface area contributed by atoms with E-state index < -0.39 is 0 Å². The SMILES string of the molecule is COc1cc2c(cc1OCCCC(=O)Nc1cc(C(=O)Nc3ccc4sc(C(=O)Nc5ccc(N)cc5)cc4c3)n(C)c1)N=C[C@@H]1CCCCN1C2=O. The van der Waals surface area contributed by atoms with E-state index in [0.29, 0.717) is 69.0 Å². The number of aromatic nitrogens is 1. The molecule has 0 radical (unpaired) electrons. The zero-order chi connectivity index (χ0) is 37.1. The maximum absolute atomic E-state index is 13.3. The Morgan fingerprint density at radius 3 is 2.53 bits per heavy atom. The van der Waals surface area contributed by atoms with Gasteiger partial charge in [-0.1, -0.05) is 0 Å². The van der Waals surface area contributed by atoms with Crippen LogP contribution in [-0.4, -0.2) is 65.6 Å². The second kappa shape index (κ2) is 15.2. The molecule has 13 nitrogen and oxygen atoms in total. The third-order valence-electron chi connectivity index (χ3n) is 9.20. The van der Waals surface area contributed by atoms with Gasteiger partial charge in [-0.15, -0.1) is 11.3 Å². The van der Waals surface area contributed by atoms with Gasteiger partial charge in [-0.3, -0.25) is 24.2 Å². The molecular weight excluding hydrogens is 695 g/mol. The number of nitrogen functional groups attached to an aromatic ring is 1. The van der Waals surface area contributed by atoms with Crippen molar-refractivity contribution in [2.75, 3.05) is 41.9 Å². The monoisotopic (exact) mass is 733 g/mol. The summed E-state index contributed by atoms with van der Waals surface area (Å²) in [5, 5.41) is 9.45. The highest BCUT2D eigenvalue weighted by molar-refractivity contribution is 7.20. The van der Waals surface area contributed by atoms with Crippen molar-refractivity contribution in [1.29, 1.82) is 0 Å². The number of amides is 4. The van der Waals surface area contributed by atoms with Gasteiger partial charge in [0.1, 0.15) is 5.69 Å². The lowest BCUT2D eigenvalue weighted by molar-refractivity contribution is -0.116. The number of rotatable bonds is 11. The van der Waals surface area contributed by atoms with Crippen LogP contribution in [0.15, 0.2) is 77.9 Å². The number of carbonyl (C=O) groups excluding carboxylic acids is 4. The van der Waals surface area contributed by atoms with Gasteiger partial charge in [-0.25, -0.2) is 0 Å². The molecule has 272 valence electrons. The lowest BCUT2D eigenvalue weighted by Crippen LogP contribution is -2.43. The summed E-state index contributed by atoms with van der Waals surface area (Å²) in [7, 11) is 3.25. The molecule has 2 aliphatic rings. The molecule has 3 aromatic carbocycles. The van der Waals surface area contributed by atoms with Crippen LogP contribution in [0.1, 0.15) is 62.6 Å². The Bertz CT molecular complexity index is 2240. The lowest BCUT2D eigenvalue weighted by Gasteiger charge is -2.32. The van der Waals surface area contributed by atoms with Gasteiger partial charge in [-0.2, -0.15) is 0 Å². The first-order valence-electron chi connectivity index (χ1n) is 17.3. The smallest absolute Gasteiger partial charge is 0.272 e. The molecule has 7 rings (SSSR count). The van der Waals surface area contributed by atoms with Gasteiger partial charge in [0.15, 0.2) is 11.5 Å². The summed E-state index contributed by atoms with van der Waals surface area (Å²) in [5.41, 5.74) is 9.42. The number of fused-ring (bicyclic) bond motifs is 3. The minimum Gasteiger partial charge on any atom is -0.493 e. The molecular formula is C39H39N7O6S. The molecule has 2 aromatic heterocycles. The molecule has 53 heavy (non-hydrogen) atoms. The predicted octanol–water partition coefficient (Wildman–Crippen LogP) is 6.84. The minimum absolute atomic E-state index is 0.00682. The summed E-state index contributed by atoms with van der Waals surface area (Å²) in [6, 6.07) is 19.2. The third-order valence-corrected chi connectivity index (χ3v) is 10.3. The molecule has 14 heteroatoms. The number of nitrogens with zero attached hydrogens (tertiary/aromatic N) is 3. The molecule has 4 amide bonds. The summed E-state index contributed by atoms with van der Waals surface area (Å²) in [5.74, 6) is 0.00798. The van der Waals surface area contributed by atoms with Gasteiger partial charge in [-0.05, 0) is 91.7 Å². The number of piperidine rings is 1. The number of thiophene rings is 1. The lowest BCUT2D eigenvalue weighted by atomic mass is 10.0. The standard InChI is InChI=1S/C39H39N7O6S/c1-45-22-27(18-31(45)37(48)44-26-12-13-34-23(16-26)17-35(53-34)38(49)43-25-10-8-24(40)9-11-25)42-36(47)7-5-15-52-33-20-30-29(19-32(33)51-2)39(50)46-14-4-3-6-28(46)21-41-30/h8-13,16-22,28H,3-7,14-15,40H2,1-2H3,(H,42,47)(H,43,49)(H,44,48)/t28-/m0/s1. The van der Waals surface area contributed by atoms with Crippen LogP contribution in [0, 0.1) is 0 Å². The topological polar surface area (TPSA) is 169 Å². The zero-order valence-corrected chi connectivity index (χ0v) is 30.1. The van der Waals surface area contributed by atoms with E-state index in [9.17, 15) is 19.2 Å². The van der Waals surface area contributed by atoms with Gasteiger partial charge >= 0.3 is 0 Å². The summed E-state index contributed by atoms with van der Waals surface area (Å²) >= 11 is 1.35.